The molecule has 0 saturated heterocycles. The van der Waals surface area contributed by atoms with Crippen molar-refractivity contribution in [2.45, 2.75) is 31.3 Å². The molecular formula is C9H18O5. The summed E-state index contributed by atoms with van der Waals surface area (Å²) in [5.74, 6) is 0. The SMILES string of the molecule is CO[C@H]([C@H](OC)[C@H](C=O)OC)[C@@H](C)O. The van der Waals surface area contributed by atoms with E-state index in [0.717, 1.165) is 0 Å². The van der Waals surface area contributed by atoms with E-state index in [1.807, 2.05) is 0 Å². The first-order valence-corrected chi connectivity index (χ1v) is 4.34. The normalized spacial score (nSPS) is 19.8. The number of rotatable bonds is 7. The second kappa shape index (κ2) is 6.89. The Hall–Kier alpha value is -0.490. The largest absolute Gasteiger partial charge is 0.391 e. The Morgan fingerprint density at radius 1 is 1.07 bits per heavy atom. The number of carbonyl (C=O) groups excluding carboxylic acids is 1. The maximum absolute atomic E-state index is 10.6. The van der Waals surface area contributed by atoms with Gasteiger partial charge in [-0.25, -0.2) is 0 Å². The van der Waals surface area contributed by atoms with Gasteiger partial charge in [-0.2, -0.15) is 0 Å². The fourth-order valence-corrected chi connectivity index (χ4v) is 1.33. The Balaban J connectivity index is 4.56. The van der Waals surface area contributed by atoms with Gasteiger partial charge in [0, 0.05) is 21.3 Å². The van der Waals surface area contributed by atoms with Crippen LogP contribution in [-0.2, 0) is 19.0 Å². The molecule has 5 heteroatoms. The quantitative estimate of drug-likeness (QED) is 0.575. The van der Waals surface area contributed by atoms with E-state index in [0.29, 0.717) is 6.29 Å². The van der Waals surface area contributed by atoms with Crippen molar-refractivity contribution in [3.8, 4) is 0 Å². The van der Waals surface area contributed by atoms with Gasteiger partial charge in [0.2, 0.25) is 0 Å². The van der Waals surface area contributed by atoms with Gasteiger partial charge in [0.15, 0.2) is 6.29 Å². The molecule has 0 fully saturated rings. The molecule has 0 aromatic carbocycles. The van der Waals surface area contributed by atoms with Crippen LogP contribution in [0, 0.1) is 0 Å². The van der Waals surface area contributed by atoms with Gasteiger partial charge < -0.3 is 24.1 Å². The molecule has 0 aromatic rings. The first-order valence-electron chi connectivity index (χ1n) is 4.34. The van der Waals surface area contributed by atoms with Crippen LogP contribution in [0.1, 0.15) is 6.92 Å². The summed E-state index contributed by atoms with van der Waals surface area (Å²) in [5.41, 5.74) is 0. The molecule has 84 valence electrons. The molecule has 0 aliphatic carbocycles. The molecule has 4 atom stereocenters. The molecule has 1 N–H and O–H groups in total. The summed E-state index contributed by atoms with van der Waals surface area (Å²) in [4.78, 5) is 10.6. The monoisotopic (exact) mass is 206 g/mol. The lowest BCUT2D eigenvalue weighted by atomic mass is 10.0. The molecule has 0 bridgehead atoms. The van der Waals surface area contributed by atoms with Crippen LogP contribution >= 0.6 is 0 Å². The van der Waals surface area contributed by atoms with Crippen molar-refractivity contribution in [1.29, 1.82) is 0 Å². The molecule has 14 heavy (non-hydrogen) atoms. The highest BCUT2D eigenvalue weighted by Gasteiger charge is 2.32. The van der Waals surface area contributed by atoms with Gasteiger partial charge in [-0.15, -0.1) is 0 Å². The predicted molar refractivity (Wildman–Crippen MR) is 50.1 cm³/mol. The Morgan fingerprint density at radius 3 is 1.79 bits per heavy atom. The van der Waals surface area contributed by atoms with Crippen molar-refractivity contribution in [2.24, 2.45) is 0 Å². The molecule has 0 amide bonds. The zero-order valence-electron chi connectivity index (χ0n) is 8.97. The third kappa shape index (κ3) is 3.34. The van der Waals surface area contributed by atoms with E-state index in [1.54, 1.807) is 6.92 Å². The van der Waals surface area contributed by atoms with E-state index in [-0.39, 0.29) is 0 Å². The van der Waals surface area contributed by atoms with Crippen LogP contribution in [0.4, 0.5) is 0 Å². The van der Waals surface area contributed by atoms with Crippen LogP contribution in [-0.4, -0.2) is 57.1 Å². The van der Waals surface area contributed by atoms with Crippen molar-refractivity contribution >= 4 is 6.29 Å². The smallest absolute Gasteiger partial charge is 0.151 e. The lowest BCUT2D eigenvalue weighted by Crippen LogP contribution is -2.47. The van der Waals surface area contributed by atoms with E-state index in [4.69, 9.17) is 14.2 Å². The summed E-state index contributed by atoms with van der Waals surface area (Å²) < 4.78 is 15.0. The summed E-state index contributed by atoms with van der Waals surface area (Å²) in [6.45, 7) is 1.57. The number of aliphatic hydroxyl groups is 1. The predicted octanol–water partition coefficient (Wildman–Crippen LogP) is -0.389. The molecular weight excluding hydrogens is 188 g/mol. The number of aliphatic hydroxyl groups excluding tert-OH is 1. The van der Waals surface area contributed by atoms with Gasteiger partial charge in [-0.1, -0.05) is 0 Å². The van der Waals surface area contributed by atoms with Gasteiger partial charge in [0.25, 0.3) is 0 Å². The second-order valence-corrected chi connectivity index (χ2v) is 2.98. The van der Waals surface area contributed by atoms with Crippen molar-refractivity contribution in [1.82, 2.24) is 0 Å². The molecule has 0 saturated carbocycles. The van der Waals surface area contributed by atoms with Gasteiger partial charge >= 0.3 is 0 Å². The van der Waals surface area contributed by atoms with Crippen molar-refractivity contribution in [2.75, 3.05) is 21.3 Å². The maximum Gasteiger partial charge on any atom is 0.151 e. The summed E-state index contributed by atoms with van der Waals surface area (Å²) in [6, 6.07) is 0. The lowest BCUT2D eigenvalue weighted by Gasteiger charge is -2.29. The zero-order valence-corrected chi connectivity index (χ0v) is 8.97. The van der Waals surface area contributed by atoms with Crippen molar-refractivity contribution in [3.05, 3.63) is 0 Å². The second-order valence-electron chi connectivity index (χ2n) is 2.98. The topological polar surface area (TPSA) is 65.0 Å². The molecule has 0 heterocycles. The van der Waals surface area contributed by atoms with Crippen molar-refractivity contribution in [3.63, 3.8) is 0 Å². The Morgan fingerprint density at radius 2 is 1.57 bits per heavy atom. The van der Waals surface area contributed by atoms with E-state index in [1.165, 1.54) is 21.3 Å². The van der Waals surface area contributed by atoms with Crippen LogP contribution in [0.5, 0.6) is 0 Å². The van der Waals surface area contributed by atoms with Crippen LogP contribution < -0.4 is 0 Å². The first kappa shape index (κ1) is 13.5. The fraction of sp³-hybridized carbons (Fsp3) is 0.889. The third-order valence-electron chi connectivity index (χ3n) is 2.07. The standard InChI is InChI=1S/C9H18O5/c1-6(11)8(13-3)9(14-4)7(5-10)12-2/h5-9,11H,1-4H3/t6-,7+,8+,9-/m1/s1. The molecule has 5 nitrogen and oxygen atoms in total. The summed E-state index contributed by atoms with van der Waals surface area (Å²) in [6.07, 6.45) is -2.04. The number of carbonyl (C=O) groups is 1. The minimum absolute atomic E-state index is 0.588. The maximum atomic E-state index is 10.6. The van der Waals surface area contributed by atoms with E-state index >= 15 is 0 Å². The summed E-state index contributed by atoms with van der Waals surface area (Å²) in [7, 11) is 4.29. The average molecular weight is 206 g/mol. The first-order chi connectivity index (χ1) is 6.62. The van der Waals surface area contributed by atoms with Gasteiger partial charge in [-0.05, 0) is 6.92 Å². The Labute approximate surface area is 84.0 Å². The number of hydrogen-bond acceptors (Lipinski definition) is 5. The number of aldehydes is 1. The van der Waals surface area contributed by atoms with Crippen molar-refractivity contribution < 1.29 is 24.1 Å². The van der Waals surface area contributed by atoms with Gasteiger partial charge in [-0.3, -0.25) is 0 Å². The Kier molecular flexibility index (Phi) is 6.65. The molecule has 0 spiro atoms. The van der Waals surface area contributed by atoms with Crippen LogP contribution in [0.3, 0.4) is 0 Å². The Bertz CT molecular complexity index is 159. The zero-order chi connectivity index (χ0) is 11.1. The molecule has 0 aliphatic rings. The minimum Gasteiger partial charge on any atom is -0.391 e. The van der Waals surface area contributed by atoms with E-state index in [9.17, 15) is 9.90 Å². The molecule has 0 aromatic heterocycles. The molecule has 0 rings (SSSR count). The molecule has 0 radical (unpaired) electrons. The minimum atomic E-state index is -0.737. The third-order valence-corrected chi connectivity index (χ3v) is 2.07. The van der Waals surface area contributed by atoms with Gasteiger partial charge in [0.05, 0.1) is 6.10 Å². The van der Waals surface area contributed by atoms with Crippen LogP contribution in [0.2, 0.25) is 0 Å². The highest BCUT2D eigenvalue weighted by Crippen LogP contribution is 2.12. The van der Waals surface area contributed by atoms with E-state index < -0.39 is 24.4 Å². The fourth-order valence-electron chi connectivity index (χ4n) is 1.33. The van der Waals surface area contributed by atoms with Crippen LogP contribution in [0.25, 0.3) is 0 Å². The highest BCUT2D eigenvalue weighted by atomic mass is 16.6. The number of ether oxygens (including phenoxy) is 3. The van der Waals surface area contributed by atoms with E-state index in [2.05, 4.69) is 0 Å². The molecule has 0 unspecified atom stereocenters. The average Bonchev–Trinajstić information content (AvgIpc) is 2.17. The lowest BCUT2D eigenvalue weighted by molar-refractivity contribution is -0.149. The summed E-state index contributed by atoms with van der Waals surface area (Å²) >= 11 is 0. The number of methoxy groups -OCH3 is 3. The molecule has 0 aliphatic heterocycles. The van der Waals surface area contributed by atoms with Gasteiger partial charge in [0.1, 0.15) is 18.3 Å². The number of hydrogen-bond donors (Lipinski definition) is 1. The van der Waals surface area contributed by atoms with Crippen LogP contribution in [0.15, 0.2) is 0 Å². The highest BCUT2D eigenvalue weighted by molar-refractivity contribution is 5.57. The summed E-state index contributed by atoms with van der Waals surface area (Å²) in [5, 5.41) is 9.38.